The van der Waals surface area contributed by atoms with Gasteiger partial charge in [0.2, 0.25) is 0 Å². The molecule has 0 saturated heterocycles. The van der Waals surface area contributed by atoms with Crippen LogP contribution in [0.4, 0.5) is 0 Å². The van der Waals surface area contributed by atoms with Gasteiger partial charge in [-0.25, -0.2) is 14.8 Å². The first-order valence-corrected chi connectivity index (χ1v) is 13.4. The van der Waals surface area contributed by atoms with Crippen molar-refractivity contribution in [1.82, 2.24) is 9.97 Å². The van der Waals surface area contributed by atoms with Gasteiger partial charge in [-0.05, 0) is 61.4 Å². The summed E-state index contributed by atoms with van der Waals surface area (Å²) in [4.78, 5) is 21.7. The van der Waals surface area contributed by atoms with Crippen LogP contribution in [0.1, 0.15) is 94.8 Å². The summed E-state index contributed by atoms with van der Waals surface area (Å²) in [6, 6.07) is 15.1. The number of hydrogen-bond donors (Lipinski definition) is 0. The van der Waals surface area contributed by atoms with E-state index in [2.05, 4.69) is 23.8 Å². The first-order chi connectivity index (χ1) is 17.2. The van der Waals surface area contributed by atoms with Crippen molar-refractivity contribution in [2.75, 3.05) is 13.2 Å². The third kappa shape index (κ3) is 8.97. The molecule has 2 aliphatic rings. The average molecular weight is 477 g/mol. The minimum atomic E-state index is -0.296. The maximum atomic E-state index is 12.4. The summed E-state index contributed by atoms with van der Waals surface area (Å²) in [6.45, 7) is 5.64. The lowest BCUT2D eigenvalue weighted by molar-refractivity contribution is 0.0498. The molecule has 3 rings (SSSR count). The van der Waals surface area contributed by atoms with Crippen LogP contribution in [0.2, 0.25) is 0 Å². The van der Waals surface area contributed by atoms with Crippen molar-refractivity contribution in [2.24, 2.45) is 0 Å². The number of unbranched alkanes of at least 4 members (excludes halogenated alkanes) is 9. The van der Waals surface area contributed by atoms with E-state index in [1.807, 2.05) is 36.4 Å². The predicted molar refractivity (Wildman–Crippen MR) is 142 cm³/mol. The van der Waals surface area contributed by atoms with Gasteiger partial charge in [0.05, 0.1) is 30.2 Å². The molecule has 1 aromatic carbocycles. The predicted octanol–water partition coefficient (Wildman–Crippen LogP) is 8.11. The Morgan fingerprint density at radius 3 is 1.80 bits per heavy atom. The summed E-state index contributed by atoms with van der Waals surface area (Å²) >= 11 is 0. The second-order valence-corrected chi connectivity index (χ2v) is 9.13. The Morgan fingerprint density at radius 1 is 0.657 bits per heavy atom. The van der Waals surface area contributed by atoms with Crippen molar-refractivity contribution in [1.29, 1.82) is 0 Å². The molecule has 35 heavy (non-hydrogen) atoms. The number of fused-ring (bicyclic) bond motifs is 1. The van der Waals surface area contributed by atoms with Crippen LogP contribution in [-0.4, -0.2) is 29.2 Å². The molecule has 5 nitrogen and oxygen atoms in total. The van der Waals surface area contributed by atoms with E-state index in [0.29, 0.717) is 18.0 Å². The van der Waals surface area contributed by atoms with Crippen LogP contribution >= 0.6 is 0 Å². The van der Waals surface area contributed by atoms with Gasteiger partial charge in [0.1, 0.15) is 5.75 Å². The monoisotopic (exact) mass is 476 g/mol. The number of ether oxygens (including phenoxy) is 2. The van der Waals surface area contributed by atoms with Gasteiger partial charge in [0.25, 0.3) is 0 Å². The van der Waals surface area contributed by atoms with E-state index in [1.54, 1.807) is 12.1 Å². The first kappa shape index (κ1) is 26.7. The highest BCUT2D eigenvalue weighted by Crippen LogP contribution is 2.26. The number of rotatable bonds is 16. The minimum absolute atomic E-state index is 0.296. The highest BCUT2D eigenvalue weighted by atomic mass is 16.5. The van der Waals surface area contributed by atoms with Crippen LogP contribution in [0, 0.1) is 0 Å². The van der Waals surface area contributed by atoms with Crippen molar-refractivity contribution in [3.05, 3.63) is 54.1 Å². The molecule has 0 radical (unpaired) electrons. The van der Waals surface area contributed by atoms with E-state index < -0.39 is 0 Å². The van der Waals surface area contributed by atoms with Crippen molar-refractivity contribution in [3.8, 4) is 28.5 Å². The molecule has 0 fully saturated rings. The van der Waals surface area contributed by atoms with Crippen LogP contribution in [0.5, 0.6) is 5.75 Å². The van der Waals surface area contributed by atoms with Crippen LogP contribution in [0.15, 0.2) is 48.5 Å². The number of carbonyl (C=O) groups is 1. The SMILES string of the molecule is CCCCCCCCOc1ccc(-c2nc3ccc(C(=O)OCCCCCCC)ccc-3n2)cc1. The zero-order valence-corrected chi connectivity index (χ0v) is 21.4. The smallest absolute Gasteiger partial charge is 0.338 e. The Hall–Kier alpha value is -2.95. The quantitative estimate of drug-likeness (QED) is 0.154. The summed E-state index contributed by atoms with van der Waals surface area (Å²) in [5.41, 5.74) is 2.97. The molecule has 1 aliphatic heterocycles. The molecule has 0 saturated carbocycles. The van der Waals surface area contributed by atoms with Crippen molar-refractivity contribution >= 4 is 5.97 Å². The molecule has 1 heterocycles. The van der Waals surface area contributed by atoms with Crippen molar-refractivity contribution < 1.29 is 14.3 Å². The standard InChI is InChI=1S/C30H40N2O3/c1-3-5-7-9-11-12-22-34-26-18-14-24(15-19-26)29-31-27-20-16-25(17-21-28(27)32-29)30(33)35-23-13-10-8-6-4-2/h14-21H,3-13,22-23H2,1-2H3. The maximum Gasteiger partial charge on any atom is 0.338 e. The lowest BCUT2D eigenvalue weighted by atomic mass is 10.1. The average Bonchev–Trinajstić information content (AvgIpc) is 3.18. The second-order valence-electron chi connectivity index (χ2n) is 9.13. The van der Waals surface area contributed by atoms with Gasteiger partial charge in [-0.1, -0.05) is 71.6 Å². The number of nitrogens with zero attached hydrogens (tertiary/aromatic N) is 2. The molecule has 5 heteroatoms. The van der Waals surface area contributed by atoms with E-state index in [1.165, 1.54) is 51.4 Å². The maximum absolute atomic E-state index is 12.4. The number of benzene rings is 1. The number of imidazole rings is 1. The number of aromatic nitrogens is 2. The molecule has 1 aliphatic carbocycles. The van der Waals surface area contributed by atoms with Gasteiger partial charge in [-0.3, -0.25) is 0 Å². The fourth-order valence-corrected chi connectivity index (χ4v) is 4.00. The van der Waals surface area contributed by atoms with E-state index in [0.717, 1.165) is 48.6 Å². The molecule has 0 bridgehead atoms. The van der Waals surface area contributed by atoms with Gasteiger partial charge in [0, 0.05) is 5.56 Å². The van der Waals surface area contributed by atoms with Crippen molar-refractivity contribution in [2.45, 2.75) is 84.5 Å². The third-order valence-electron chi connectivity index (χ3n) is 6.15. The second kappa shape index (κ2) is 15.1. The van der Waals surface area contributed by atoms with Gasteiger partial charge in [-0.2, -0.15) is 0 Å². The van der Waals surface area contributed by atoms with E-state index >= 15 is 0 Å². The Balaban J connectivity index is 1.50. The van der Waals surface area contributed by atoms with Gasteiger partial charge in [0.15, 0.2) is 5.82 Å². The Morgan fingerprint density at radius 2 is 1.20 bits per heavy atom. The largest absolute Gasteiger partial charge is 0.494 e. The summed E-state index contributed by atoms with van der Waals surface area (Å²) in [5.74, 6) is 1.25. The molecule has 0 atom stereocenters. The summed E-state index contributed by atoms with van der Waals surface area (Å²) in [5, 5.41) is 0. The fourth-order valence-electron chi connectivity index (χ4n) is 4.00. The number of esters is 1. The zero-order valence-electron chi connectivity index (χ0n) is 21.4. The molecule has 0 N–H and O–H groups in total. The molecular formula is C30H40N2O3. The molecule has 0 aromatic heterocycles. The van der Waals surface area contributed by atoms with E-state index in [-0.39, 0.29) is 5.97 Å². The Labute approximate surface area is 210 Å². The molecule has 0 amide bonds. The van der Waals surface area contributed by atoms with Gasteiger partial charge >= 0.3 is 5.97 Å². The van der Waals surface area contributed by atoms with Crippen molar-refractivity contribution in [3.63, 3.8) is 0 Å². The highest BCUT2D eigenvalue weighted by Gasteiger charge is 2.13. The highest BCUT2D eigenvalue weighted by molar-refractivity contribution is 5.89. The van der Waals surface area contributed by atoms with Gasteiger partial charge < -0.3 is 9.47 Å². The lowest BCUT2D eigenvalue weighted by Gasteiger charge is -2.06. The van der Waals surface area contributed by atoms with Crippen LogP contribution < -0.4 is 4.74 Å². The fraction of sp³-hybridized carbons (Fsp3) is 0.500. The molecule has 1 aromatic rings. The summed E-state index contributed by atoms with van der Waals surface area (Å²) < 4.78 is 11.3. The van der Waals surface area contributed by atoms with Crippen LogP contribution in [-0.2, 0) is 4.74 Å². The molecule has 188 valence electrons. The van der Waals surface area contributed by atoms with Gasteiger partial charge in [-0.15, -0.1) is 0 Å². The normalized spacial score (nSPS) is 11.0. The lowest BCUT2D eigenvalue weighted by Crippen LogP contribution is -2.05. The Bertz CT molecular complexity index is 953. The summed E-state index contributed by atoms with van der Waals surface area (Å²) in [7, 11) is 0. The Kier molecular flexibility index (Phi) is 11.5. The van der Waals surface area contributed by atoms with E-state index in [9.17, 15) is 4.79 Å². The summed E-state index contributed by atoms with van der Waals surface area (Å²) in [6.07, 6.45) is 13.2. The number of carbonyl (C=O) groups excluding carboxylic acids is 1. The number of hydrogen-bond acceptors (Lipinski definition) is 5. The molecular weight excluding hydrogens is 436 g/mol. The third-order valence-corrected chi connectivity index (χ3v) is 6.15. The van der Waals surface area contributed by atoms with Crippen LogP contribution in [0.3, 0.4) is 0 Å². The van der Waals surface area contributed by atoms with Crippen LogP contribution in [0.25, 0.3) is 22.8 Å². The zero-order chi connectivity index (χ0) is 24.7. The minimum Gasteiger partial charge on any atom is -0.494 e. The molecule has 0 spiro atoms. The first-order valence-electron chi connectivity index (χ1n) is 13.4. The van der Waals surface area contributed by atoms with E-state index in [4.69, 9.17) is 9.47 Å². The topological polar surface area (TPSA) is 61.3 Å². The molecule has 0 unspecified atom stereocenters.